The van der Waals surface area contributed by atoms with Crippen LogP contribution >= 0.6 is 0 Å². The number of aromatic nitrogens is 1. The van der Waals surface area contributed by atoms with E-state index in [0.29, 0.717) is 18.7 Å². The molecular weight excluding hydrogens is 232 g/mol. The van der Waals surface area contributed by atoms with E-state index in [9.17, 15) is 9.59 Å². The Morgan fingerprint density at radius 3 is 2.67 bits per heavy atom. The average Bonchev–Trinajstić information content (AvgIpc) is 2.35. The van der Waals surface area contributed by atoms with Gasteiger partial charge < -0.3 is 16.0 Å². The van der Waals surface area contributed by atoms with E-state index in [-0.39, 0.29) is 11.8 Å². The third-order valence-corrected chi connectivity index (χ3v) is 2.22. The minimum absolute atomic E-state index is 0.112. The van der Waals surface area contributed by atoms with Gasteiger partial charge >= 0.3 is 0 Å². The molecule has 1 rings (SSSR count). The topological polar surface area (TPSA) is 83.1 Å². The molecule has 0 fully saturated rings. The fourth-order valence-corrected chi connectivity index (χ4v) is 1.43. The number of anilines is 1. The molecule has 98 valence electrons. The molecule has 1 heterocycles. The second-order valence-electron chi connectivity index (χ2n) is 3.69. The van der Waals surface area contributed by atoms with Crippen LogP contribution in [0.3, 0.4) is 0 Å². The lowest BCUT2D eigenvalue weighted by molar-refractivity contribution is -0.118. The zero-order valence-electron chi connectivity index (χ0n) is 10.6. The lowest BCUT2D eigenvalue weighted by Crippen LogP contribution is -2.34. The van der Waals surface area contributed by atoms with Crippen molar-refractivity contribution in [3.63, 3.8) is 0 Å². The molecule has 0 aromatic carbocycles. The van der Waals surface area contributed by atoms with Crippen molar-refractivity contribution in [2.75, 3.05) is 25.0 Å². The Morgan fingerprint density at radius 1 is 1.28 bits per heavy atom. The summed E-state index contributed by atoms with van der Waals surface area (Å²) in [5.41, 5.74) is 1.26. The first kappa shape index (κ1) is 14.0. The molecule has 0 radical (unpaired) electrons. The van der Waals surface area contributed by atoms with Gasteiger partial charge in [-0.3, -0.25) is 14.6 Å². The van der Waals surface area contributed by atoms with Crippen LogP contribution in [0.5, 0.6) is 0 Å². The van der Waals surface area contributed by atoms with Crippen LogP contribution in [0.15, 0.2) is 18.5 Å². The number of amides is 2. The molecule has 0 saturated carbocycles. The van der Waals surface area contributed by atoms with Gasteiger partial charge in [-0.1, -0.05) is 0 Å². The van der Waals surface area contributed by atoms with Crippen LogP contribution in [-0.4, -0.2) is 36.4 Å². The van der Waals surface area contributed by atoms with E-state index in [1.165, 1.54) is 13.1 Å². The molecule has 0 aliphatic rings. The number of pyridine rings is 1. The van der Waals surface area contributed by atoms with E-state index >= 15 is 0 Å². The largest absolute Gasteiger partial charge is 0.385 e. The van der Waals surface area contributed by atoms with Crippen molar-refractivity contribution in [3.8, 4) is 0 Å². The highest BCUT2D eigenvalue weighted by Crippen LogP contribution is 2.12. The van der Waals surface area contributed by atoms with E-state index in [0.717, 1.165) is 12.2 Å². The summed E-state index contributed by atoms with van der Waals surface area (Å²) < 4.78 is 0. The van der Waals surface area contributed by atoms with Crippen LogP contribution in [0.25, 0.3) is 0 Å². The van der Waals surface area contributed by atoms with E-state index in [1.54, 1.807) is 12.3 Å². The smallest absolute Gasteiger partial charge is 0.255 e. The SMILES string of the molecule is CCNc1ccncc1C(=O)NCCNC(C)=O. The summed E-state index contributed by atoms with van der Waals surface area (Å²) in [6, 6.07) is 1.76. The number of nitrogens with one attached hydrogen (secondary N) is 3. The standard InChI is InChI=1S/C12H18N4O2/c1-3-14-11-4-5-13-8-10(11)12(18)16-7-6-15-9(2)17/h4-5,8H,3,6-7H2,1-2H3,(H,13,14)(H,15,17)(H,16,18). The zero-order valence-corrected chi connectivity index (χ0v) is 10.6. The first-order valence-corrected chi connectivity index (χ1v) is 5.85. The highest BCUT2D eigenvalue weighted by molar-refractivity contribution is 5.99. The number of carbonyl (C=O) groups excluding carboxylic acids is 2. The fraction of sp³-hybridized carbons (Fsp3) is 0.417. The summed E-state index contributed by atoms with van der Waals surface area (Å²) in [4.78, 5) is 26.5. The van der Waals surface area contributed by atoms with Crippen LogP contribution in [0.1, 0.15) is 24.2 Å². The summed E-state index contributed by atoms with van der Waals surface area (Å²) in [7, 11) is 0. The summed E-state index contributed by atoms with van der Waals surface area (Å²) in [5.74, 6) is -0.316. The maximum Gasteiger partial charge on any atom is 0.255 e. The van der Waals surface area contributed by atoms with E-state index in [1.807, 2.05) is 6.92 Å². The molecule has 0 atom stereocenters. The third-order valence-electron chi connectivity index (χ3n) is 2.22. The van der Waals surface area contributed by atoms with Crippen LogP contribution < -0.4 is 16.0 Å². The second-order valence-corrected chi connectivity index (χ2v) is 3.69. The Bertz CT molecular complexity index is 420. The molecule has 0 bridgehead atoms. The molecule has 0 aliphatic heterocycles. The first-order chi connectivity index (χ1) is 8.65. The van der Waals surface area contributed by atoms with Crippen molar-refractivity contribution in [2.45, 2.75) is 13.8 Å². The summed E-state index contributed by atoms with van der Waals surface area (Å²) >= 11 is 0. The lowest BCUT2D eigenvalue weighted by atomic mass is 10.2. The van der Waals surface area contributed by atoms with Gasteiger partial charge in [0, 0.05) is 39.0 Å². The predicted octanol–water partition coefficient (Wildman–Crippen LogP) is 0.379. The van der Waals surface area contributed by atoms with E-state index in [2.05, 4.69) is 20.9 Å². The lowest BCUT2D eigenvalue weighted by Gasteiger charge is -2.10. The van der Waals surface area contributed by atoms with Gasteiger partial charge in [0.15, 0.2) is 0 Å². The molecule has 0 spiro atoms. The fourth-order valence-electron chi connectivity index (χ4n) is 1.43. The summed E-state index contributed by atoms with van der Waals surface area (Å²) in [6.45, 7) is 4.93. The number of nitrogens with zero attached hydrogens (tertiary/aromatic N) is 1. The van der Waals surface area contributed by atoms with Gasteiger partial charge in [0.25, 0.3) is 5.91 Å². The van der Waals surface area contributed by atoms with Gasteiger partial charge in [-0.25, -0.2) is 0 Å². The van der Waals surface area contributed by atoms with Crippen molar-refractivity contribution in [1.82, 2.24) is 15.6 Å². The molecule has 1 aromatic rings. The maximum atomic E-state index is 11.9. The van der Waals surface area contributed by atoms with Crippen molar-refractivity contribution in [2.24, 2.45) is 0 Å². The molecule has 0 aliphatic carbocycles. The van der Waals surface area contributed by atoms with Crippen LogP contribution in [0, 0.1) is 0 Å². The van der Waals surface area contributed by atoms with Crippen molar-refractivity contribution in [3.05, 3.63) is 24.0 Å². The number of carbonyl (C=O) groups is 2. The molecule has 0 saturated heterocycles. The van der Waals surface area contributed by atoms with Crippen molar-refractivity contribution in [1.29, 1.82) is 0 Å². The molecule has 3 N–H and O–H groups in total. The van der Waals surface area contributed by atoms with Gasteiger partial charge in [0.1, 0.15) is 0 Å². The molecule has 18 heavy (non-hydrogen) atoms. The second kappa shape index (κ2) is 7.26. The maximum absolute atomic E-state index is 11.9. The van der Waals surface area contributed by atoms with Crippen LogP contribution in [-0.2, 0) is 4.79 Å². The Labute approximate surface area is 106 Å². The van der Waals surface area contributed by atoms with Crippen molar-refractivity contribution >= 4 is 17.5 Å². The van der Waals surface area contributed by atoms with Crippen LogP contribution in [0.2, 0.25) is 0 Å². The van der Waals surface area contributed by atoms with Crippen molar-refractivity contribution < 1.29 is 9.59 Å². The Kier molecular flexibility index (Phi) is 5.63. The number of hydrogen-bond acceptors (Lipinski definition) is 4. The Balaban J connectivity index is 2.53. The van der Waals surface area contributed by atoms with Crippen LogP contribution in [0.4, 0.5) is 5.69 Å². The highest BCUT2D eigenvalue weighted by atomic mass is 16.2. The van der Waals surface area contributed by atoms with Gasteiger partial charge in [-0.15, -0.1) is 0 Å². The summed E-state index contributed by atoms with van der Waals surface area (Å²) in [6.07, 6.45) is 3.15. The monoisotopic (exact) mass is 250 g/mol. The number of rotatable bonds is 6. The first-order valence-electron chi connectivity index (χ1n) is 5.85. The van der Waals surface area contributed by atoms with E-state index < -0.39 is 0 Å². The molecule has 6 heteroatoms. The summed E-state index contributed by atoms with van der Waals surface area (Å²) in [5, 5.41) is 8.42. The molecule has 0 unspecified atom stereocenters. The quantitative estimate of drug-likeness (QED) is 0.637. The Hall–Kier alpha value is -2.11. The molecular formula is C12H18N4O2. The minimum atomic E-state index is -0.204. The zero-order chi connectivity index (χ0) is 13.4. The van der Waals surface area contributed by atoms with E-state index in [4.69, 9.17) is 0 Å². The number of hydrogen-bond donors (Lipinski definition) is 3. The molecule has 1 aromatic heterocycles. The third kappa shape index (κ3) is 4.40. The van der Waals surface area contributed by atoms with Gasteiger partial charge in [0.2, 0.25) is 5.91 Å². The predicted molar refractivity (Wildman–Crippen MR) is 69.4 cm³/mol. The van der Waals surface area contributed by atoms with Gasteiger partial charge in [-0.05, 0) is 13.0 Å². The Morgan fingerprint density at radius 2 is 2.00 bits per heavy atom. The van der Waals surface area contributed by atoms with Gasteiger partial charge in [0.05, 0.1) is 11.3 Å². The normalized spacial score (nSPS) is 9.67. The minimum Gasteiger partial charge on any atom is -0.385 e. The highest BCUT2D eigenvalue weighted by Gasteiger charge is 2.10. The molecule has 6 nitrogen and oxygen atoms in total. The van der Waals surface area contributed by atoms with Gasteiger partial charge in [-0.2, -0.15) is 0 Å². The average molecular weight is 250 g/mol. The molecule has 2 amide bonds.